The first kappa shape index (κ1) is 12.2. The fraction of sp³-hybridized carbons (Fsp3) is 0.583. The van der Waals surface area contributed by atoms with Gasteiger partial charge in [-0.15, -0.1) is 0 Å². The molecule has 0 amide bonds. The highest BCUT2D eigenvalue weighted by Gasteiger charge is 2.34. The average molecular weight is 242 g/mol. The van der Waals surface area contributed by atoms with E-state index >= 15 is 0 Å². The molecule has 1 saturated heterocycles. The molecular formula is C12H16F2N2O. The summed E-state index contributed by atoms with van der Waals surface area (Å²) >= 11 is 0. The van der Waals surface area contributed by atoms with Crippen LogP contribution in [0.2, 0.25) is 0 Å². The lowest BCUT2D eigenvalue weighted by Crippen LogP contribution is -2.40. The summed E-state index contributed by atoms with van der Waals surface area (Å²) < 4.78 is 26.1. The number of aromatic nitrogens is 1. The van der Waals surface area contributed by atoms with Gasteiger partial charge in [0.15, 0.2) is 0 Å². The Morgan fingerprint density at radius 2 is 2.06 bits per heavy atom. The number of pyridine rings is 1. The smallest absolute Gasteiger partial charge is 0.251 e. The van der Waals surface area contributed by atoms with Gasteiger partial charge in [0.05, 0.1) is 6.61 Å². The van der Waals surface area contributed by atoms with Gasteiger partial charge in [0.25, 0.3) is 5.92 Å². The van der Waals surface area contributed by atoms with Crippen molar-refractivity contribution >= 4 is 5.82 Å². The second-order valence-corrected chi connectivity index (χ2v) is 4.49. The zero-order chi connectivity index (χ0) is 12.5. The number of hydrogen-bond donors (Lipinski definition) is 1. The van der Waals surface area contributed by atoms with E-state index in [-0.39, 0.29) is 19.4 Å². The Hall–Kier alpha value is -1.23. The molecule has 0 saturated carbocycles. The van der Waals surface area contributed by atoms with Crippen LogP contribution in [0.5, 0.6) is 0 Å². The molecule has 1 fully saturated rings. The summed E-state index contributed by atoms with van der Waals surface area (Å²) in [6.07, 6.45) is 1.36. The Balaban J connectivity index is 2.13. The minimum absolute atomic E-state index is 0.0494. The molecule has 0 atom stereocenters. The average Bonchev–Trinajstić information content (AvgIpc) is 2.29. The van der Waals surface area contributed by atoms with Crippen LogP contribution in [0.3, 0.4) is 0 Å². The third-order valence-electron chi connectivity index (χ3n) is 3.08. The molecule has 0 aliphatic carbocycles. The quantitative estimate of drug-likeness (QED) is 0.863. The number of hydrogen-bond acceptors (Lipinski definition) is 3. The molecule has 0 bridgehead atoms. The van der Waals surface area contributed by atoms with Gasteiger partial charge in [-0.2, -0.15) is 0 Å². The van der Waals surface area contributed by atoms with E-state index in [1.807, 2.05) is 17.9 Å². The minimum atomic E-state index is -2.53. The highest BCUT2D eigenvalue weighted by Crippen LogP contribution is 2.30. The number of aryl methyl sites for hydroxylation is 1. The number of rotatable bonds is 2. The summed E-state index contributed by atoms with van der Waals surface area (Å²) in [6.45, 7) is 2.50. The third-order valence-corrected chi connectivity index (χ3v) is 3.08. The Bertz CT molecular complexity index is 399. The minimum Gasteiger partial charge on any atom is -0.392 e. The first-order valence-corrected chi connectivity index (χ1v) is 5.71. The fourth-order valence-electron chi connectivity index (χ4n) is 2.09. The number of anilines is 1. The highest BCUT2D eigenvalue weighted by molar-refractivity contribution is 5.47. The molecule has 5 heteroatoms. The molecule has 1 aromatic rings. The summed E-state index contributed by atoms with van der Waals surface area (Å²) in [7, 11) is 0. The van der Waals surface area contributed by atoms with Gasteiger partial charge in [-0.1, -0.05) is 0 Å². The van der Waals surface area contributed by atoms with Crippen molar-refractivity contribution < 1.29 is 13.9 Å². The van der Waals surface area contributed by atoms with Gasteiger partial charge in [-0.25, -0.2) is 13.8 Å². The van der Waals surface area contributed by atoms with Crippen LogP contribution in [-0.2, 0) is 6.61 Å². The van der Waals surface area contributed by atoms with Crippen molar-refractivity contribution in [2.24, 2.45) is 0 Å². The molecule has 1 N–H and O–H groups in total. The van der Waals surface area contributed by atoms with Gasteiger partial charge in [-0.3, -0.25) is 0 Å². The van der Waals surface area contributed by atoms with Crippen molar-refractivity contribution in [3.05, 3.63) is 23.4 Å². The molecule has 2 heterocycles. The van der Waals surface area contributed by atoms with E-state index in [0.29, 0.717) is 13.1 Å². The molecule has 0 radical (unpaired) electrons. The first-order valence-electron chi connectivity index (χ1n) is 5.71. The van der Waals surface area contributed by atoms with E-state index in [1.54, 1.807) is 6.20 Å². The topological polar surface area (TPSA) is 36.4 Å². The summed E-state index contributed by atoms with van der Waals surface area (Å²) in [5, 5.41) is 8.98. The molecule has 3 nitrogen and oxygen atoms in total. The zero-order valence-electron chi connectivity index (χ0n) is 9.79. The molecule has 0 aromatic carbocycles. The van der Waals surface area contributed by atoms with Gasteiger partial charge in [-0.05, 0) is 24.1 Å². The molecule has 1 aromatic heterocycles. The highest BCUT2D eigenvalue weighted by atomic mass is 19.3. The Morgan fingerprint density at radius 3 is 2.59 bits per heavy atom. The van der Waals surface area contributed by atoms with E-state index in [2.05, 4.69) is 4.98 Å². The Morgan fingerprint density at radius 1 is 1.41 bits per heavy atom. The predicted molar refractivity (Wildman–Crippen MR) is 61.3 cm³/mol. The van der Waals surface area contributed by atoms with Crippen LogP contribution in [0.25, 0.3) is 0 Å². The second-order valence-electron chi connectivity index (χ2n) is 4.49. The van der Waals surface area contributed by atoms with Crippen molar-refractivity contribution in [1.82, 2.24) is 4.98 Å². The fourth-order valence-corrected chi connectivity index (χ4v) is 2.09. The SMILES string of the molecule is Cc1cc(CO)cnc1N1CCC(F)(F)CC1. The molecule has 0 spiro atoms. The van der Waals surface area contributed by atoms with E-state index in [0.717, 1.165) is 16.9 Å². The van der Waals surface area contributed by atoms with Crippen molar-refractivity contribution in [3.63, 3.8) is 0 Å². The normalized spacial score (nSPS) is 19.4. The summed E-state index contributed by atoms with van der Waals surface area (Å²) in [5.74, 6) is -1.78. The first-order chi connectivity index (χ1) is 8.02. The largest absolute Gasteiger partial charge is 0.392 e. The van der Waals surface area contributed by atoms with Crippen LogP contribution >= 0.6 is 0 Å². The maximum Gasteiger partial charge on any atom is 0.251 e. The molecule has 17 heavy (non-hydrogen) atoms. The van der Waals surface area contributed by atoms with Crippen LogP contribution in [0.4, 0.5) is 14.6 Å². The van der Waals surface area contributed by atoms with Gasteiger partial charge < -0.3 is 10.0 Å². The Kier molecular flexibility index (Phi) is 3.28. The van der Waals surface area contributed by atoms with Gasteiger partial charge in [0.2, 0.25) is 0 Å². The van der Waals surface area contributed by atoms with Gasteiger partial charge in [0.1, 0.15) is 5.82 Å². The van der Waals surface area contributed by atoms with Crippen molar-refractivity contribution in [2.75, 3.05) is 18.0 Å². The predicted octanol–water partition coefficient (Wildman–Crippen LogP) is 2.12. The third kappa shape index (κ3) is 2.72. The number of aliphatic hydroxyl groups excluding tert-OH is 1. The van der Waals surface area contributed by atoms with Crippen molar-refractivity contribution in [1.29, 1.82) is 0 Å². The zero-order valence-corrected chi connectivity index (χ0v) is 9.79. The second kappa shape index (κ2) is 4.56. The standard InChI is InChI=1S/C12H16F2N2O/c1-9-6-10(8-17)7-15-11(9)16-4-2-12(13,14)3-5-16/h6-7,17H,2-5,8H2,1H3. The lowest BCUT2D eigenvalue weighted by Gasteiger charge is -2.33. The summed E-state index contributed by atoms with van der Waals surface area (Å²) in [6, 6.07) is 1.84. The van der Waals surface area contributed by atoms with Crippen molar-refractivity contribution in [2.45, 2.75) is 32.3 Å². The molecule has 0 unspecified atom stereocenters. The molecule has 94 valence electrons. The number of halogens is 2. The van der Waals surface area contributed by atoms with E-state index in [9.17, 15) is 8.78 Å². The monoisotopic (exact) mass is 242 g/mol. The number of aliphatic hydroxyl groups is 1. The number of alkyl halides is 2. The molecule has 1 aliphatic rings. The molecular weight excluding hydrogens is 226 g/mol. The van der Waals surface area contributed by atoms with Crippen LogP contribution in [0, 0.1) is 6.92 Å². The van der Waals surface area contributed by atoms with E-state index in [1.165, 1.54) is 0 Å². The molecule has 2 rings (SSSR count). The van der Waals surface area contributed by atoms with E-state index in [4.69, 9.17) is 5.11 Å². The maximum absolute atomic E-state index is 13.0. The lowest BCUT2D eigenvalue weighted by atomic mass is 10.1. The van der Waals surface area contributed by atoms with Gasteiger partial charge >= 0.3 is 0 Å². The maximum atomic E-state index is 13.0. The number of piperidine rings is 1. The van der Waals surface area contributed by atoms with Crippen molar-refractivity contribution in [3.8, 4) is 0 Å². The van der Waals surface area contributed by atoms with E-state index < -0.39 is 5.92 Å². The number of nitrogens with zero attached hydrogens (tertiary/aromatic N) is 2. The van der Waals surface area contributed by atoms with Crippen LogP contribution in [0.15, 0.2) is 12.3 Å². The lowest BCUT2D eigenvalue weighted by molar-refractivity contribution is -0.0221. The molecule has 1 aliphatic heterocycles. The summed E-state index contributed by atoms with van der Waals surface area (Å²) in [4.78, 5) is 6.12. The Labute approximate surface area is 99.1 Å². The van der Waals surface area contributed by atoms with Crippen LogP contribution < -0.4 is 4.90 Å². The van der Waals surface area contributed by atoms with Crippen LogP contribution in [0.1, 0.15) is 24.0 Å². The van der Waals surface area contributed by atoms with Crippen LogP contribution in [-0.4, -0.2) is 29.1 Å². The van der Waals surface area contributed by atoms with Gasteiger partial charge in [0, 0.05) is 32.1 Å². The summed E-state index contributed by atoms with van der Waals surface area (Å²) in [5.41, 5.74) is 1.66.